The first kappa shape index (κ1) is 20.8. The molecule has 1 aromatic heterocycles. The zero-order valence-corrected chi connectivity index (χ0v) is 16.8. The molecular formula is C20H20F3N3O3S. The molecular weight excluding hydrogens is 419 g/mol. The van der Waals surface area contributed by atoms with Crippen LogP contribution in [0.4, 0.5) is 13.2 Å². The lowest BCUT2D eigenvalue weighted by Gasteiger charge is -2.35. The average molecular weight is 439 g/mol. The molecule has 2 fully saturated rings. The minimum Gasteiger partial charge on any atom is -0.368 e. The van der Waals surface area contributed by atoms with Gasteiger partial charge in [0.25, 0.3) is 11.8 Å². The van der Waals surface area contributed by atoms with Crippen LogP contribution in [0.25, 0.3) is 10.6 Å². The molecule has 4 rings (SSSR count). The van der Waals surface area contributed by atoms with Gasteiger partial charge >= 0.3 is 6.18 Å². The Bertz CT molecular complexity index is 933. The van der Waals surface area contributed by atoms with Gasteiger partial charge in [0.2, 0.25) is 0 Å². The van der Waals surface area contributed by atoms with Crippen LogP contribution < -0.4 is 0 Å². The molecule has 6 nitrogen and oxygen atoms in total. The molecule has 0 bridgehead atoms. The van der Waals surface area contributed by atoms with Crippen LogP contribution in [0.2, 0.25) is 0 Å². The SMILES string of the molecule is O=C(c1csc(-c2cccc(C(F)(F)F)c2)n1)N1CCN(C(=O)C2CCCO2)CC1. The highest BCUT2D eigenvalue weighted by atomic mass is 32.1. The van der Waals surface area contributed by atoms with Gasteiger partial charge in [-0.05, 0) is 25.0 Å². The lowest BCUT2D eigenvalue weighted by molar-refractivity contribution is -0.142. The fourth-order valence-corrected chi connectivity index (χ4v) is 4.39. The molecule has 0 radical (unpaired) electrons. The van der Waals surface area contributed by atoms with Gasteiger partial charge in [0.1, 0.15) is 16.8 Å². The number of nitrogens with zero attached hydrogens (tertiary/aromatic N) is 3. The number of benzene rings is 1. The zero-order chi connectivity index (χ0) is 21.3. The highest BCUT2D eigenvalue weighted by molar-refractivity contribution is 7.13. The van der Waals surface area contributed by atoms with Crippen molar-refractivity contribution in [1.82, 2.24) is 14.8 Å². The molecule has 2 aliphatic heterocycles. The molecule has 0 aliphatic carbocycles. The second kappa shape index (κ2) is 8.35. The van der Waals surface area contributed by atoms with Crippen LogP contribution in [-0.2, 0) is 15.7 Å². The Labute approximate surface area is 175 Å². The van der Waals surface area contributed by atoms with Crippen molar-refractivity contribution in [2.24, 2.45) is 0 Å². The lowest BCUT2D eigenvalue weighted by Crippen LogP contribution is -2.52. The number of piperazine rings is 1. The van der Waals surface area contributed by atoms with Crippen LogP contribution in [-0.4, -0.2) is 65.5 Å². The first-order valence-electron chi connectivity index (χ1n) is 9.66. The minimum absolute atomic E-state index is 0.0277. The van der Waals surface area contributed by atoms with Gasteiger partial charge in [-0.15, -0.1) is 11.3 Å². The van der Waals surface area contributed by atoms with E-state index in [2.05, 4.69) is 4.98 Å². The highest BCUT2D eigenvalue weighted by Gasteiger charge is 2.33. The summed E-state index contributed by atoms with van der Waals surface area (Å²) in [6.07, 6.45) is -3.20. The normalized spacial score (nSPS) is 19.9. The number of amides is 2. The fraction of sp³-hybridized carbons (Fsp3) is 0.450. The largest absolute Gasteiger partial charge is 0.416 e. The number of aromatic nitrogens is 1. The van der Waals surface area contributed by atoms with Crippen molar-refractivity contribution in [3.8, 4) is 10.6 Å². The number of thiazole rings is 1. The van der Waals surface area contributed by atoms with Gasteiger partial charge in [0, 0.05) is 43.7 Å². The summed E-state index contributed by atoms with van der Waals surface area (Å²) in [7, 11) is 0. The van der Waals surface area contributed by atoms with Crippen LogP contribution in [0, 0.1) is 0 Å². The fourth-order valence-electron chi connectivity index (χ4n) is 3.60. The Balaban J connectivity index is 1.40. The van der Waals surface area contributed by atoms with Gasteiger partial charge in [-0.25, -0.2) is 4.98 Å². The molecule has 2 amide bonds. The molecule has 10 heteroatoms. The topological polar surface area (TPSA) is 62.7 Å². The molecule has 1 atom stereocenters. The number of rotatable bonds is 3. The summed E-state index contributed by atoms with van der Waals surface area (Å²) >= 11 is 1.13. The molecule has 0 spiro atoms. The number of hydrogen-bond acceptors (Lipinski definition) is 5. The molecule has 3 heterocycles. The average Bonchev–Trinajstić information content (AvgIpc) is 3.45. The predicted octanol–water partition coefficient (Wildman–Crippen LogP) is 3.29. The third-order valence-electron chi connectivity index (χ3n) is 5.24. The van der Waals surface area contributed by atoms with Crippen molar-refractivity contribution in [2.45, 2.75) is 25.1 Å². The molecule has 30 heavy (non-hydrogen) atoms. The van der Waals surface area contributed by atoms with Gasteiger partial charge in [0.05, 0.1) is 5.56 Å². The van der Waals surface area contributed by atoms with Crippen LogP contribution in [0.5, 0.6) is 0 Å². The summed E-state index contributed by atoms with van der Waals surface area (Å²) in [6, 6.07) is 4.90. The number of carbonyl (C=O) groups excluding carboxylic acids is 2. The Kier molecular flexibility index (Phi) is 5.79. The first-order chi connectivity index (χ1) is 14.3. The quantitative estimate of drug-likeness (QED) is 0.737. The van der Waals surface area contributed by atoms with E-state index in [0.717, 1.165) is 36.3 Å². The van der Waals surface area contributed by atoms with Crippen molar-refractivity contribution in [2.75, 3.05) is 32.8 Å². The highest BCUT2D eigenvalue weighted by Crippen LogP contribution is 2.33. The van der Waals surface area contributed by atoms with Crippen molar-refractivity contribution in [1.29, 1.82) is 0 Å². The summed E-state index contributed by atoms with van der Waals surface area (Å²) in [5.74, 6) is -0.311. The van der Waals surface area contributed by atoms with E-state index in [1.807, 2.05) is 0 Å². The summed E-state index contributed by atoms with van der Waals surface area (Å²) in [5.41, 5.74) is -0.234. The van der Waals surface area contributed by atoms with E-state index in [1.54, 1.807) is 15.2 Å². The Morgan fingerprint density at radius 2 is 1.87 bits per heavy atom. The van der Waals surface area contributed by atoms with Crippen molar-refractivity contribution < 1.29 is 27.5 Å². The Morgan fingerprint density at radius 3 is 2.53 bits per heavy atom. The van der Waals surface area contributed by atoms with E-state index in [0.29, 0.717) is 43.4 Å². The Morgan fingerprint density at radius 1 is 1.13 bits per heavy atom. The number of ether oxygens (including phenoxy) is 1. The van der Waals surface area contributed by atoms with Gasteiger partial charge in [-0.1, -0.05) is 12.1 Å². The van der Waals surface area contributed by atoms with E-state index >= 15 is 0 Å². The maximum absolute atomic E-state index is 12.9. The van der Waals surface area contributed by atoms with Crippen LogP contribution in [0.15, 0.2) is 29.6 Å². The third-order valence-corrected chi connectivity index (χ3v) is 6.14. The first-order valence-corrected chi connectivity index (χ1v) is 10.5. The number of hydrogen-bond donors (Lipinski definition) is 0. The molecule has 2 aliphatic rings. The standard InChI is InChI=1S/C20H20F3N3O3S/c21-20(22,23)14-4-1-3-13(11-14)17-24-15(12-30-17)18(27)25-6-8-26(9-7-25)19(28)16-5-2-10-29-16/h1,3-4,11-12,16H,2,5-10H2. The summed E-state index contributed by atoms with van der Waals surface area (Å²) in [6.45, 7) is 2.22. The second-order valence-electron chi connectivity index (χ2n) is 7.24. The smallest absolute Gasteiger partial charge is 0.368 e. The van der Waals surface area contributed by atoms with E-state index in [4.69, 9.17) is 4.74 Å². The van der Waals surface area contributed by atoms with E-state index < -0.39 is 11.7 Å². The van der Waals surface area contributed by atoms with Gasteiger partial charge in [0.15, 0.2) is 0 Å². The molecule has 2 saturated heterocycles. The zero-order valence-electron chi connectivity index (χ0n) is 16.0. The summed E-state index contributed by atoms with van der Waals surface area (Å²) in [4.78, 5) is 32.8. The second-order valence-corrected chi connectivity index (χ2v) is 8.09. The van der Waals surface area contributed by atoms with Gasteiger partial charge in [-0.3, -0.25) is 9.59 Å². The van der Waals surface area contributed by atoms with Crippen LogP contribution >= 0.6 is 11.3 Å². The number of halogens is 3. The molecule has 2 aromatic rings. The van der Waals surface area contributed by atoms with E-state index in [1.165, 1.54) is 12.1 Å². The molecule has 1 aromatic carbocycles. The predicted molar refractivity (Wildman–Crippen MR) is 104 cm³/mol. The third kappa shape index (κ3) is 4.34. The number of carbonyl (C=O) groups is 2. The monoisotopic (exact) mass is 439 g/mol. The molecule has 1 unspecified atom stereocenters. The van der Waals surface area contributed by atoms with Gasteiger partial charge in [-0.2, -0.15) is 13.2 Å². The van der Waals surface area contributed by atoms with Gasteiger partial charge < -0.3 is 14.5 Å². The van der Waals surface area contributed by atoms with Crippen molar-refractivity contribution in [3.63, 3.8) is 0 Å². The van der Waals surface area contributed by atoms with Crippen LogP contribution in [0.3, 0.4) is 0 Å². The van der Waals surface area contributed by atoms with Crippen molar-refractivity contribution in [3.05, 3.63) is 40.9 Å². The lowest BCUT2D eigenvalue weighted by atomic mass is 10.1. The maximum atomic E-state index is 12.9. The van der Waals surface area contributed by atoms with E-state index in [-0.39, 0.29) is 23.6 Å². The maximum Gasteiger partial charge on any atom is 0.416 e. The molecule has 0 saturated carbocycles. The molecule has 0 N–H and O–H groups in total. The number of alkyl halides is 3. The summed E-state index contributed by atoms with van der Waals surface area (Å²) < 4.78 is 44.2. The van der Waals surface area contributed by atoms with E-state index in [9.17, 15) is 22.8 Å². The summed E-state index contributed by atoms with van der Waals surface area (Å²) in [5, 5.41) is 1.92. The minimum atomic E-state index is -4.44. The van der Waals surface area contributed by atoms with Crippen molar-refractivity contribution >= 4 is 23.2 Å². The molecule has 160 valence electrons. The Hall–Kier alpha value is -2.46. The van der Waals surface area contributed by atoms with Crippen LogP contribution in [0.1, 0.15) is 28.9 Å².